The van der Waals surface area contributed by atoms with Gasteiger partial charge in [0.05, 0.1) is 35.0 Å². The highest BCUT2D eigenvalue weighted by atomic mass is 35.5. The molecule has 3 aromatic heterocycles. The standard InChI is InChI=1S/C23H19Cl3N6O3S.C2HF3O2/c1-27-23-28-5-6-32(23)10-12-11-36-20(18(12)26)22(34)31-19-15(7-14(25)8-16(19)35-2)21(33)30-17-4-3-13(24)9-29-17;3-2(4,5)1(6)7/h3-9,11H,10H2,1-2H3,(H,27,28)(H,31,34)(H,29,30,33);(H,6,7). The molecule has 0 fully saturated rings. The predicted octanol–water partition coefficient (Wildman–Crippen LogP) is 6.54. The molecule has 1 aromatic carbocycles. The van der Waals surface area contributed by atoms with Gasteiger partial charge in [-0.3, -0.25) is 9.59 Å². The molecule has 3 heterocycles. The molecule has 0 saturated carbocycles. The molecule has 2 amide bonds. The zero-order valence-corrected chi connectivity index (χ0v) is 25.0. The van der Waals surface area contributed by atoms with Gasteiger partial charge in [0.1, 0.15) is 16.4 Å². The quantitative estimate of drug-likeness (QED) is 0.164. The molecular weight excluding hydrogens is 660 g/mol. The molecule has 0 radical (unpaired) electrons. The monoisotopic (exact) mass is 678 g/mol. The van der Waals surface area contributed by atoms with Crippen molar-refractivity contribution in [2.45, 2.75) is 12.7 Å². The smallest absolute Gasteiger partial charge is 0.490 e. The van der Waals surface area contributed by atoms with E-state index in [1.54, 1.807) is 37.0 Å². The van der Waals surface area contributed by atoms with E-state index < -0.39 is 24.0 Å². The maximum absolute atomic E-state index is 13.2. The normalized spacial score (nSPS) is 10.8. The van der Waals surface area contributed by atoms with Crippen molar-refractivity contribution in [3.8, 4) is 5.75 Å². The topological polar surface area (TPSA) is 147 Å². The second-order valence-electron chi connectivity index (χ2n) is 8.14. The van der Waals surface area contributed by atoms with Crippen molar-refractivity contribution in [2.75, 3.05) is 30.1 Å². The highest BCUT2D eigenvalue weighted by Gasteiger charge is 2.38. The number of hydrogen-bond acceptors (Lipinski definition) is 8. The van der Waals surface area contributed by atoms with Crippen molar-refractivity contribution in [1.82, 2.24) is 14.5 Å². The van der Waals surface area contributed by atoms with Crippen molar-refractivity contribution in [2.24, 2.45) is 0 Å². The van der Waals surface area contributed by atoms with Gasteiger partial charge in [-0.05, 0) is 23.6 Å². The van der Waals surface area contributed by atoms with E-state index in [2.05, 4.69) is 25.9 Å². The SMILES string of the molecule is CNc1nccn1Cc1csc(C(=O)Nc2c(OC)cc(Cl)cc2C(=O)Nc2ccc(Cl)cn2)c1Cl.O=C(O)C(F)(F)F. The minimum Gasteiger partial charge on any atom is -0.494 e. The number of ether oxygens (including phenoxy) is 1. The Labute approximate surface area is 260 Å². The fraction of sp³-hybridized carbons (Fsp3) is 0.160. The Hall–Kier alpha value is -4.05. The fourth-order valence-electron chi connectivity index (χ4n) is 3.34. The van der Waals surface area contributed by atoms with Gasteiger partial charge in [0.15, 0.2) is 0 Å². The minimum absolute atomic E-state index is 0.0782. The first kappa shape index (κ1) is 33.5. The number of carbonyl (C=O) groups is 3. The summed E-state index contributed by atoms with van der Waals surface area (Å²) >= 11 is 19.8. The third-order valence-electron chi connectivity index (χ3n) is 5.27. The van der Waals surface area contributed by atoms with Crippen LogP contribution in [0.15, 0.2) is 48.2 Å². The molecule has 0 bridgehead atoms. The molecule has 228 valence electrons. The first-order chi connectivity index (χ1) is 20.2. The molecule has 4 aromatic rings. The Bertz CT molecular complexity index is 1630. The number of imidazole rings is 1. The average molecular weight is 680 g/mol. The Morgan fingerprint density at radius 2 is 1.77 bits per heavy atom. The number of nitrogens with zero attached hydrogens (tertiary/aromatic N) is 3. The summed E-state index contributed by atoms with van der Waals surface area (Å²) in [6.45, 7) is 0.421. The minimum atomic E-state index is -5.08. The summed E-state index contributed by atoms with van der Waals surface area (Å²) in [5, 5.41) is 18.3. The Morgan fingerprint density at radius 3 is 2.35 bits per heavy atom. The van der Waals surface area contributed by atoms with Gasteiger partial charge in [0, 0.05) is 42.3 Å². The molecule has 11 nitrogen and oxygen atoms in total. The van der Waals surface area contributed by atoms with E-state index in [1.807, 2.05) is 4.57 Å². The van der Waals surface area contributed by atoms with Gasteiger partial charge in [-0.25, -0.2) is 14.8 Å². The highest BCUT2D eigenvalue weighted by molar-refractivity contribution is 7.13. The maximum atomic E-state index is 13.2. The lowest BCUT2D eigenvalue weighted by Crippen LogP contribution is -2.21. The molecule has 0 aliphatic rings. The van der Waals surface area contributed by atoms with Crippen LogP contribution in [0.3, 0.4) is 0 Å². The predicted molar refractivity (Wildman–Crippen MR) is 157 cm³/mol. The molecule has 4 rings (SSSR count). The van der Waals surface area contributed by atoms with Gasteiger partial charge >= 0.3 is 12.1 Å². The molecule has 0 aliphatic heterocycles. The van der Waals surface area contributed by atoms with Crippen molar-refractivity contribution < 1.29 is 37.4 Å². The van der Waals surface area contributed by atoms with Crippen molar-refractivity contribution >= 4 is 81.4 Å². The van der Waals surface area contributed by atoms with Crippen LogP contribution < -0.4 is 20.7 Å². The summed E-state index contributed by atoms with van der Waals surface area (Å²) in [7, 11) is 3.17. The largest absolute Gasteiger partial charge is 0.494 e. The lowest BCUT2D eigenvalue weighted by Gasteiger charge is -2.15. The molecule has 0 saturated heterocycles. The highest BCUT2D eigenvalue weighted by Crippen LogP contribution is 2.35. The number of benzene rings is 1. The van der Waals surface area contributed by atoms with Crippen LogP contribution in [0.1, 0.15) is 25.6 Å². The summed E-state index contributed by atoms with van der Waals surface area (Å²) in [5.41, 5.74) is 0.960. The number of aromatic nitrogens is 3. The molecule has 43 heavy (non-hydrogen) atoms. The summed E-state index contributed by atoms with van der Waals surface area (Å²) in [6, 6.07) is 6.05. The number of halogens is 6. The number of carbonyl (C=O) groups excluding carboxylic acids is 2. The Kier molecular flexibility index (Phi) is 11.2. The number of anilines is 3. The van der Waals surface area contributed by atoms with Crippen LogP contribution in [0.5, 0.6) is 5.75 Å². The number of hydrogen-bond donors (Lipinski definition) is 4. The van der Waals surface area contributed by atoms with Crippen LogP contribution in [-0.4, -0.2) is 57.8 Å². The third kappa shape index (κ3) is 8.73. The van der Waals surface area contributed by atoms with Gasteiger partial charge in [0.25, 0.3) is 11.8 Å². The Morgan fingerprint density at radius 1 is 1.07 bits per heavy atom. The average Bonchev–Trinajstić information content (AvgIpc) is 3.56. The number of rotatable bonds is 8. The number of thiophene rings is 1. The Balaban J connectivity index is 0.000000646. The van der Waals surface area contributed by atoms with E-state index >= 15 is 0 Å². The van der Waals surface area contributed by atoms with Crippen LogP contribution in [0, 0.1) is 0 Å². The zero-order chi connectivity index (χ0) is 31.9. The third-order valence-corrected chi connectivity index (χ3v) is 7.28. The van der Waals surface area contributed by atoms with E-state index in [1.165, 1.54) is 36.8 Å². The first-order valence-electron chi connectivity index (χ1n) is 11.6. The van der Waals surface area contributed by atoms with Gasteiger partial charge in [0.2, 0.25) is 5.95 Å². The van der Waals surface area contributed by atoms with E-state index in [4.69, 9.17) is 49.4 Å². The van der Waals surface area contributed by atoms with Crippen LogP contribution in [-0.2, 0) is 11.3 Å². The molecule has 0 atom stereocenters. The number of alkyl halides is 3. The van der Waals surface area contributed by atoms with E-state index in [-0.39, 0.29) is 32.7 Å². The van der Waals surface area contributed by atoms with Gasteiger partial charge in [-0.1, -0.05) is 34.8 Å². The second-order valence-corrected chi connectivity index (χ2v) is 10.3. The van der Waals surface area contributed by atoms with E-state index in [0.717, 1.165) is 5.56 Å². The van der Waals surface area contributed by atoms with Gasteiger partial charge in [-0.15, -0.1) is 11.3 Å². The van der Waals surface area contributed by atoms with Gasteiger partial charge in [-0.2, -0.15) is 13.2 Å². The fourth-order valence-corrected chi connectivity index (χ4v) is 4.91. The number of methoxy groups -OCH3 is 1. The van der Waals surface area contributed by atoms with E-state index in [9.17, 15) is 22.8 Å². The van der Waals surface area contributed by atoms with E-state index in [0.29, 0.717) is 22.5 Å². The summed E-state index contributed by atoms with van der Waals surface area (Å²) < 4.78 is 39.0. The summed E-state index contributed by atoms with van der Waals surface area (Å²) in [6.07, 6.45) is -0.213. The van der Waals surface area contributed by atoms with Crippen LogP contribution in [0.2, 0.25) is 15.1 Å². The molecule has 0 unspecified atom stereocenters. The molecule has 0 aliphatic carbocycles. The number of nitrogens with one attached hydrogen (secondary N) is 3. The van der Waals surface area contributed by atoms with Crippen LogP contribution in [0.4, 0.5) is 30.6 Å². The maximum Gasteiger partial charge on any atom is 0.490 e. The van der Waals surface area contributed by atoms with Gasteiger partial charge < -0.3 is 30.4 Å². The second kappa shape index (κ2) is 14.4. The van der Waals surface area contributed by atoms with Crippen LogP contribution in [0.25, 0.3) is 0 Å². The lowest BCUT2D eigenvalue weighted by molar-refractivity contribution is -0.192. The molecule has 18 heteroatoms. The number of pyridine rings is 1. The van der Waals surface area contributed by atoms with Crippen molar-refractivity contribution in [3.63, 3.8) is 0 Å². The van der Waals surface area contributed by atoms with Crippen molar-refractivity contribution in [3.05, 3.63) is 79.3 Å². The number of aliphatic carboxylic acids is 1. The first-order valence-corrected chi connectivity index (χ1v) is 13.6. The molecule has 0 spiro atoms. The number of carboxylic acid groups (broad SMARTS) is 1. The lowest BCUT2D eigenvalue weighted by atomic mass is 10.1. The summed E-state index contributed by atoms with van der Waals surface area (Å²) in [5.74, 6) is -2.68. The molecular formula is C25H20Cl3F3N6O5S. The summed E-state index contributed by atoms with van der Waals surface area (Å²) in [4.78, 5) is 43.8. The number of amides is 2. The van der Waals surface area contributed by atoms with Crippen molar-refractivity contribution in [1.29, 1.82) is 0 Å². The van der Waals surface area contributed by atoms with Crippen LogP contribution >= 0.6 is 46.1 Å². The zero-order valence-electron chi connectivity index (χ0n) is 21.9. The number of carboxylic acids is 1. The molecule has 4 N–H and O–H groups in total.